The van der Waals surface area contributed by atoms with E-state index < -0.39 is 0 Å². The van der Waals surface area contributed by atoms with E-state index in [2.05, 4.69) is 68.7 Å². The van der Waals surface area contributed by atoms with Crippen LogP contribution >= 0.6 is 24.0 Å². The molecule has 2 N–H and O–H groups in total. The summed E-state index contributed by atoms with van der Waals surface area (Å²) < 4.78 is 0. The number of nitrogens with one attached hydrogen (secondary N) is 2. The van der Waals surface area contributed by atoms with Crippen molar-refractivity contribution in [3.05, 3.63) is 60.4 Å². The summed E-state index contributed by atoms with van der Waals surface area (Å²) in [4.78, 5) is 14.1. The summed E-state index contributed by atoms with van der Waals surface area (Å²) in [6, 6.07) is 16.8. The Morgan fingerprint density at radius 1 is 1.00 bits per heavy atom. The summed E-state index contributed by atoms with van der Waals surface area (Å²) in [7, 11) is 0. The Hall–Kier alpha value is -1.87. The number of aromatic nitrogens is 1. The molecule has 0 saturated carbocycles. The predicted octanol–water partition coefficient (Wildman–Crippen LogP) is 3.01. The summed E-state index contributed by atoms with van der Waals surface area (Å²) in [5.41, 5.74) is 2.44. The fourth-order valence-corrected chi connectivity index (χ4v) is 3.55. The van der Waals surface area contributed by atoms with E-state index in [9.17, 15) is 0 Å². The molecule has 0 amide bonds. The van der Waals surface area contributed by atoms with Gasteiger partial charge < -0.3 is 15.5 Å². The van der Waals surface area contributed by atoms with E-state index in [0.717, 1.165) is 76.9 Å². The van der Waals surface area contributed by atoms with Crippen molar-refractivity contribution in [3.8, 4) is 0 Å². The summed E-state index contributed by atoms with van der Waals surface area (Å²) in [6.45, 7) is 10.2. The molecular formula is C23H35IN6. The number of rotatable bonds is 9. The Bertz CT molecular complexity index is 717. The predicted molar refractivity (Wildman–Crippen MR) is 137 cm³/mol. The molecule has 30 heavy (non-hydrogen) atoms. The number of guanidine groups is 1. The molecule has 6 nitrogen and oxygen atoms in total. The van der Waals surface area contributed by atoms with Gasteiger partial charge in [0.25, 0.3) is 0 Å². The highest BCUT2D eigenvalue weighted by atomic mass is 127. The molecular weight excluding hydrogens is 487 g/mol. The molecule has 0 unspecified atom stereocenters. The van der Waals surface area contributed by atoms with Gasteiger partial charge in [0.2, 0.25) is 0 Å². The maximum atomic E-state index is 4.73. The summed E-state index contributed by atoms with van der Waals surface area (Å²) in [5, 5.41) is 6.74. The van der Waals surface area contributed by atoms with E-state index in [0.29, 0.717) is 0 Å². The fraction of sp³-hybridized carbons (Fsp3) is 0.478. The van der Waals surface area contributed by atoms with E-state index in [-0.39, 0.29) is 24.0 Å². The minimum atomic E-state index is 0. The van der Waals surface area contributed by atoms with Crippen LogP contribution in [0.3, 0.4) is 0 Å². The van der Waals surface area contributed by atoms with Crippen LogP contribution in [0, 0.1) is 0 Å². The van der Waals surface area contributed by atoms with Gasteiger partial charge in [0.1, 0.15) is 0 Å². The first-order valence-corrected chi connectivity index (χ1v) is 10.8. The van der Waals surface area contributed by atoms with Gasteiger partial charge in [0.15, 0.2) is 5.96 Å². The number of hydrogen-bond donors (Lipinski definition) is 2. The van der Waals surface area contributed by atoms with Crippen LogP contribution in [0.1, 0.15) is 19.0 Å². The average molecular weight is 522 g/mol. The third-order valence-electron chi connectivity index (χ3n) is 5.14. The van der Waals surface area contributed by atoms with E-state index in [1.807, 2.05) is 18.3 Å². The van der Waals surface area contributed by atoms with Gasteiger partial charge in [-0.05, 0) is 37.6 Å². The molecule has 0 radical (unpaired) electrons. The van der Waals surface area contributed by atoms with Crippen LogP contribution in [-0.2, 0) is 6.42 Å². The SMILES string of the molecule is CCNC(=NCCCN1CCN(c2ccccc2)CC1)NCCc1ccccn1.I. The van der Waals surface area contributed by atoms with Gasteiger partial charge in [-0.2, -0.15) is 0 Å². The van der Waals surface area contributed by atoms with Crippen molar-refractivity contribution in [2.45, 2.75) is 19.8 Å². The Kier molecular flexibility index (Phi) is 11.5. The van der Waals surface area contributed by atoms with Crippen molar-refractivity contribution in [2.24, 2.45) is 4.99 Å². The van der Waals surface area contributed by atoms with Crippen molar-refractivity contribution in [2.75, 3.05) is 57.3 Å². The molecule has 0 spiro atoms. The largest absolute Gasteiger partial charge is 0.369 e. The average Bonchev–Trinajstić information content (AvgIpc) is 2.78. The lowest BCUT2D eigenvalue weighted by molar-refractivity contribution is 0.256. The van der Waals surface area contributed by atoms with Gasteiger partial charge in [-0.25, -0.2) is 0 Å². The standard InChI is InChI=1S/C23H34N6.HI/c1-2-24-23(27-15-12-21-9-6-7-13-25-21)26-14-8-16-28-17-19-29(20-18-28)22-10-4-3-5-11-22;/h3-7,9-11,13H,2,8,12,14-20H2,1H3,(H2,24,26,27);1H. The lowest BCUT2D eigenvalue weighted by Gasteiger charge is -2.36. The Morgan fingerprint density at radius 2 is 1.77 bits per heavy atom. The Balaban J connectivity index is 0.00000320. The highest BCUT2D eigenvalue weighted by Crippen LogP contribution is 2.15. The van der Waals surface area contributed by atoms with Gasteiger partial charge in [-0.1, -0.05) is 24.3 Å². The summed E-state index contributed by atoms with van der Waals surface area (Å²) >= 11 is 0. The molecule has 164 valence electrons. The van der Waals surface area contributed by atoms with Crippen LogP contribution in [0.15, 0.2) is 59.7 Å². The number of nitrogens with zero attached hydrogens (tertiary/aromatic N) is 4. The van der Waals surface area contributed by atoms with E-state index in [4.69, 9.17) is 4.99 Å². The fourth-order valence-electron chi connectivity index (χ4n) is 3.55. The van der Waals surface area contributed by atoms with Gasteiger partial charge in [0, 0.05) is 76.4 Å². The van der Waals surface area contributed by atoms with E-state index in [1.54, 1.807) is 0 Å². The number of halogens is 1. The molecule has 1 aromatic heterocycles. The van der Waals surface area contributed by atoms with Crippen LogP contribution in [0.2, 0.25) is 0 Å². The molecule has 1 fully saturated rings. The number of aliphatic imine (C=N–C) groups is 1. The molecule has 3 rings (SSSR count). The minimum Gasteiger partial charge on any atom is -0.369 e. The third-order valence-corrected chi connectivity index (χ3v) is 5.14. The van der Waals surface area contributed by atoms with Crippen LogP contribution in [0.25, 0.3) is 0 Å². The van der Waals surface area contributed by atoms with Crippen molar-refractivity contribution in [1.82, 2.24) is 20.5 Å². The highest BCUT2D eigenvalue weighted by Gasteiger charge is 2.16. The topological polar surface area (TPSA) is 55.8 Å². The number of benzene rings is 1. The molecule has 1 saturated heterocycles. The van der Waals surface area contributed by atoms with E-state index >= 15 is 0 Å². The molecule has 1 aromatic carbocycles. The number of hydrogen-bond acceptors (Lipinski definition) is 4. The highest BCUT2D eigenvalue weighted by molar-refractivity contribution is 14.0. The zero-order valence-corrected chi connectivity index (χ0v) is 20.3. The van der Waals surface area contributed by atoms with Gasteiger partial charge >= 0.3 is 0 Å². The minimum absolute atomic E-state index is 0. The molecule has 0 atom stereocenters. The Labute approximate surface area is 198 Å². The lowest BCUT2D eigenvalue weighted by Crippen LogP contribution is -2.46. The monoisotopic (exact) mass is 522 g/mol. The number of piperazine rings is 1. The van der Waals surface area contributed by atoms with Crippen molar-refractivity contribution < 1.29 is 0 Å². The molecule has 1 aliphatic rings. The van der Waals surface area contributed by atoms with Crippen molar-refractivity contribution >= 4 is 35.6 Å². The first kappa shape index (κ1) is 24.4. The van der Waals surface area contributed by atoms with Crippen molar-refractivity contribution in [1.29, 1.82) is 0 Å². The number of pyridine rings is 1. The summed E-state index contributed by atoms with van der Waals surface area (Å²) in [6.07, 6.45) is 3.83. The second-order valence-electron chi connectivity index (χ2n) is 7.28. The Morgan fingerprint density at radius 3 is 2.47 bits per heavy atom. The maximum Gasteiger partial charge on any atom is 0.191 e. The lowest BCUT2D eigenvalue weighted by atomic mass is 10.2. The van der Waals surface area contributed by atoms with Crippen LogP contribution in [-0.4, -0.2) is 68.2 Å². The normalized spacial score (nSPS) is 14.8. The summed E-state index contributed by atoms with van der Waals surface area (Å²) in [5.74, 6) is 0.900. The first-order valence-electron chi connectivity index (χ1n) is 10.8. The number of anilines is 1. The first-order chi connectivity index (χ1) is 14.3. The van der Waals surface area contributed by atoms with Gasteiger partial charge in [-0.3, -0.25) is 14.9 Å². The molecule has 0 aliphatic carbocycles. The number of para-hydroxylation sites is 1. The second-order valence-corrected chi connectivity index (χ2v) is 7.28. The smallest absolute Gasteiger partial charge is 0.191 e. The van der Waals surface area contributed by atoms with Crippen LogP contribution in [0.4, 0.5) is 5.69 Å². The molecule has 0 bridgehead atoms. The zero-order chi connectivity index (χ0) is 20.2. The second kappa shape index (κ2) is 14.2. The van der Waals surface area contributed by atoms with Crippen molar-refractivity contribution in [3.63, 3.8) is 0 Å². The van der Waals surface area contributed by atoms with Gasteiger partial charge in [0.05, 0.1) is 0 Å². The maximum absolute atomic E-state index is 4.73. The quantitative estimate of drug-likeness (QED) is 0.230. The van der Waals surface area contributed by atoms with E-state index in [1.165, 1.54) is 5.69 Å². The van der Waals surface area contributed by atoms with Gasteiger partial charge in [-0.15, -0.1) is 24.0 Å². The molecule has 7 heteroatoms. The molecule has 2 heterocycles. The third kappa shape index (κ3) is 8.47. The van der Waals surface area contributed by atoms with Crippen LogP contribution in [0.5, 0.6) is 0 Å². The molecule has 2 aromatic rings. The molecule has 1 aliphatic heterocycles. The zero-order valence-electron chi connectivity index (χ0n) is 18.0. The van der Waals surface area contributed by atoms with Crippen LogP contribution < -0.4 is 15.5 Å².